The molecule has 0 aromatic heterocycles. The van der Waals surface area contributed by atoms with Crippen molar-refractivity contribution < 1.29 is 4.39 Å². The molecule has 0 amide bonds. The smallest absolute Gasteiger partial charge is 0.123 e. The van der Waals surface area contributed by atoms with Crippen molar-refractivity contribution in [1.82, 2.24) is 5.32 Å². The van der Waals surface area contributed by atoms with Gasteiger partial charge in [0.2, 0.25) is 0 Å². The van der Waals surface area contributed by atoms with Gasteiger partial charge in [-0.2, -0.15) is 0 Å². The molecule has 0 bridgehead atoms. The second-order valence-electron chi connectivity index (χ2n) is 4.37. The van der Waals surface area contributed by atoms with Crippen LogP contribution in [-0.2, 0) is 6.54 Å². The molecular formula is C12H15ClFN. The Hall–Kier alpha value is -0.600. The highest BCUT2D eigenvalue weighted by atomic mass is 35.5. The summed E-state index contributed by atoms with van der Waals surface area (Å²) >= 11 is 5.86. The normalized spacial score (nSPS) is 17.7. The van der Waals surface area contributed by atoms with Crippen LogP contribution >= 0.6 is 11.6 Å². The highest BCUT2D eigenvalue weighted by Crippen LogP contribution is 2.45. The highest BCUT2D eigenvalue weighted by molar-refractivity contribution is 6.18. The van der Waals surface area contributed by atoms with Gasteiger partial charge in [0.15, 0.2) is 0 Å². The van der Waals surface area contributed by atoms with E-state index in [0.29, 0.717) is 5.41 Å². The molecule has 15 heavy (non-hydrogen) atoms. The Bertz CT molecular complexity index is 336. The highest BCUT2D eigenvalue weighted by Gasteiger charge is 2.40. The van der Waals surface area contributed by atoms with Crippen LogP contribution in [0.25, 0.3) is 0 Å². The molecule has 0 aliphatic heterocycles. The minimum atomic E-state index is -0.173. The van der Waals surface area contributed by atoms with Crippen molar-refractivity contribution in [3.05, 3.63) is 35.6 Å². The Kier molecular flexibility index (Phi) is 3.27. The van der Waals surface area contributed by atoms with Crippen LogP contribution in [0.3, 0.4) is 0 Å². The number of rotatable bonds is 5. The fraction of sp³-hybridized carbons (Fsp3) is 0.500. The van der Waals surface area contributed by atoms with E-state index in [1.165, 1.54) is 18.9 Å². The van der Waals surface area contributed by atoms with Gasteiger partial charge in [-0.05, 0) is 36.0 Å². The topological polar surface area (TPSA) is 12.0 Å². The summed E-state index contributed by atoms with van der Waals surface area (Å²) < 4.78 is 12.9. The molecule has 0 radical (unpaired) electrons. The molecule has 2 rings (SSSR count). The summed E-state index contributed by atoms with van der Waals surface area (Å²) in [6, 6.07) is 6.69. The van der Waals surface area contributed by atoms with Crippen molar-refractivity contribution in [1.29, 1.82) is 0 Å². The number of benzene rings is 1. The van der Waals surface area contributed by atoms with Gasteiger partial charge in [0.1, 0.15) is 5.82 Å². The van der Waals surface area contributed by atoms with Crippen LogP contribution in [0, 0.1) is 11.2 Å². The summed E-state index contributed by atoms with van der Waals surface area (Å²) in [6.45, 7) is 1.66. The van der Waals surface area contributed by atoms with E-state index >= 15 is 0 Å². The largest absolute Gasteiger partial charge is 0.312 e. The molecule has 3 heteroatoms. The van der Waals surface area contributed by atoms with E-state index in [2.05, 4.69) is 5.32 Å². The average molecular weight is 228 g/mol. The van der Waals surface area contributed by atoms with Gasteiger partial charge in [0.25, 0.3) is 0 Å². The zero-order chi connectivity index (χ0) is 10.7. The predicted molar refractivity (Wildman–Crippen MR) is 60.5 cm³/mol. The first-order valence-corrected chi connectivity index (χ1v) is 5.79. The minimum absolute atomic E-state index is 0.173. The van der Waals surface area contributed by atoms with E-state index in [-0.39, 0.29) is 5.82 Å². The zero-order valence-electron chi connectivity index (χ0n) is 8.60. The van der Waals surface area contributed by atoms with Gasteiger partial charge in [-0.25, -0.2) is 4.39 Å². The third-order valence-electron chi connectivity index (χ3n) is 2.96. The van der Waals surface area contributed by atoms with Gasteiger partial charge in [-0.3, -0.25) is 0 Å². The van der Waals surface area contributed by atoms with Crippen molar-refractivity contribution in [3.8, 4) is 0 Å². The maximum Gasteiger partial charge on any atom is 0.123 e. The summed E-state index contributed by atoms with van der Waals surface area (Å²) in [6.07, 6.45) is 2.43. The number of hydrogen-bond donors (Lipinski definition) is 1. The minimum Gasteiger partial charge on any atom is -0.312 e. The molecular weight excluding hydrogens is 213 g/mol. The van der Waals surface area contributed by atoms with Crippen molar-refractivity contribution in [2.24, 2.45) is 5.41 Å². The third-order valence-corrected chi connectivity index (χ3v) is 3.53. The van der Waals surface area contributed by atoms with Crippen molar-refractivity contribution in [2.45, 2.75) is 19.4 Å². The summed E-state index contributed by atoms with van der Waals surface area (Å²) in [4.78, 5) is 0. The Morgan fingerprint density at radius 2 is 2.20 bits per heavy atom. The third kappa shape index (κ3) is 2.93. The van der Waals surface area contributed by atoms with Gasteiger partial charge in [0.05, 0.1) is 0 Å². The fourth-order valence-corrected chi connectivity index (χ4v) is 2.02. The second kappa shape index (κ2) is 4.50. The molecule has 0 atom stereocenters. The molecule has 1 aromatic carbocycles. The van der Waals surface area contributed by atoms with Crippen molar-refractivity contribution in [3.63, 3.8) is 0 Å². The standard InChI is InChI=1S/C12H15ClFN/c13-8-12(4-5-12)9-15-7-10-2-1-3-11(14)6-10/h1-3,6,15H,4-5,7-9H2. The average Bonchev–Trinajstić information content (AvgIpc) is 2.99. The molecule has 0 heterocycles. The lowest BCUT2D eigenvalue weighted by atomic mass is 10.1. The first kappa shape index (κ1) is 10.9. The molecule has 0 spiro atoms. The van der Waals surface area contributed by atoms with Gasteiger partial charge >= 0.3 is 0 Å². The van der Waals surface area contributed by atoms with Crippen LogP contribution in [0.15, 0.2) is 24.3 Å². The van der Waals surface area contributed by atoms with E-state index in [1.807, 2.05) is 6.07 Å². The van der Waals surface area contributed by atoms with E-state index in [4.69, 9.17) is 11.6 Å². The Morgan fingerprint density at radius 3 is 2.80 bits per heavy atom. The maximum atomic E-state index is 12.9. The molecule has 1 aromatic rings. The Morgan fingerprint density at radius 1 is 1.40 bits per heavy atom. The maximum absolute atomic E-state index is 12.9. The molecule has 0 saturated heterocycles. The van der Waals surface area contributed by atoms with E-state index < -0.39 is 0 Å². The quantitative estimate of drug-likeness (QED) is 0.763. The molecule has 82 valence electrons. The summed E-state index contributed by atoms with van der Waals surface area (Å²) in [5.41, 5.74) is 1.31. The lowest BCUT2D eigenvalue weighted by Crippen LogP contribution is -2.24. The van der Waals surface area contributed by atoms with Crippen LogP contribution in [-0.4, -0.2) is 12.4 Å². The summed E-state index contributed by atoms with van der Waals surface area (Å²) in [5.74, 6) is 0.552. The van der Waals surface area contributed by atoms with E-state index in [1.54, 1.807) is 12.1 Å². The Balaban J connectivity index is 1.78. The second-order valence-corrected chi connectivity index (χ2v) is 4.63. The van der Waals surface area contributed by atoms with Crippen molar-refractivity contribution >= 4 is 11.6 Å². The molecule has 1 fully saturated rings. The molecule has 0 unspecified atom stereocenters. The molecule has 1 aliphatic rings. The lowest BCUT2D eigenvalue weighted by molar-refractivity contribution is 0.504. The number of hydrogen-bond acceptors (Lipinski definition) is 1. The summed E-state index contributed by atoms with van der Waals surface area (Å²) in [7, 11) is 0. The Labute approximate surface area is 94.6 Å². The SMILES string of the molecule is Fc1cccc(CNCC2(CCl)CC2)c1. The first-order chi connectivity index (χ1) is 7.24. The van der Waals surface area contributed by atoms with Gasteiger partial charge in [0, 0.05) is 19.0 Å². The van der Waals surface area contributed by atoms with Crippen LogP contribution in [0.5, 0.6) is 0 Å². The molecule has 1 N–H and O–H groups in total. The predicted octanol–water partition coefficient (Wildman–Crippen LogP) is 2.93. The van der Waals surface area contributed by atoms with Gasteiger partial charge < -0.3 is 5.32 Å². The van der Waals surface area contributed by atoms with Crippen molar-refractivity contribution in [2.75, 3.05) is 12.4 Å². The van der Waals surface area contributed by atoms with Crippen LogP contribution in [0.2, 0.25) is 0 Å². The first-order valence-electron chi connectivity index (χ1n) is 5.25. The molecule has 1 saturated carbocycles. The zero-order valence-corrected chi connectivity index (χ0v) is 9.36. The summed E-state index contributed by atoms with van der Waals surface area (Å²) in [5, 5.41) is 3.33. The van der Waals surface area contributed by atoms with Gasteiger partial charge in [-0.1, -0.05) is 12.1 Å². The fourth-order valence-electron chi connectivity index (χ4n) is 1.65. The van der Waals surface area contributed by atoms with Gasteiger partial charge in [-0.15, -0.1) is 11.6 Å². The lowest BCUT2D eigenvalue weighted by Gasteiger charge is -2.12. The number of alkyl halides is 1. The van der Waals surface area contributed by atoms with E-state index in [0.717, 1.165) is 24.5 Å². The van der Waals surface area contributed by atoms with Crippen LogP contribution in [0.4, 0.5) is 4.39 Å². The number of halogens is 2. The van der Waals surface area contributed by atoms with Crippen LogP contribution in [0.1, 0.15) is 18.4 Å². The number of nitrogens with one attached hydrogen (secondary N) is 1. The molecule has 1 aliphatic carbocycles. The molecule has 1 nitrogen and oxygen atoms in total. The van der Waals surface area contributed by atoms with Crippen LogP contribution < -0.4 is 5.32 Å². The monoisotopic (exact) mass is 227 g/mol. The van der Waals surface area contributed by atoms with E-state index in [9.17, 15) is 4.39 Å².